The average Bonchev–Trinajstić information content (AvgIpc) is 0.953. The van der Waals surface area contributed by atoms with Gasteiger partial charge in [0.2, 0.25) is 0 Å². The van der Waals surface area contributed by atoms with Gasteiger partial charge in [-0.25, -0.2) is 9.97 Å². The molecular weight excluding hydrogens is 1150 g/mol. The van der Waals surface area contributed by atoms with Crippen LogP contribution in [0.15, 0.2) is 220 Å². The molecule has 0 aliphatic rings. The van der Waals surface area contributed by atoms with E-state index in [0.717, 1.165) is 39.9 Å². The third-order valence-corrected chi connectivity index (χ3v) is 11.9. The Kier molecular flexibility index (Phi) is 53.6. The molecule has 0 atom stereocenters. The second-order valence-electron chi connectivity index (χ2n) is 21.2. The first kappa shape index (κ1) is 89.1. The van der Waals surface area contributed by atoms with E-state index >= 15 is 0 Å². The van der Waals surface area contributed by atoms with Crippen molar-refractivity contribution < 1.29 is 0 Å². The lowest BCUT2D eigenvalue weighted by Crippen LogP contribution is -1.85. The van der Waals surface area contributed by atoms with E-state index in [9.17, 15) is 0 Å². The zero-order valence-electron chi connectivity index (χ0n) is 63.4. The van der Waals surface area contributed by atoms with Crippen molar-refractivity contribution in [3.05, 3.63) is 321 Å². The molecule has 0 radical (unpaired) electrons. The van der Waals surface area contributed by atoms with Crippen molar-refractivity contribution in [2.75, 3.05) is 0 Å². The molecule has 0 aliphatic carbocycles. The summed E-state index contributed by atoms with van der Waals surface area (Å²) in [7, 11) is 0. The molecule has 0 saturated carbocycles. The Morgan fingerprint density at radius 1 is 0.181 bits per heavy atom. The van der Waals surface area contributed by atoms with Crippen LogP contribution in [0.1, 0.15) is 170 Å². The number of aromatic nitrogens is 8. The molecule has 0 saturated heterocycles. The highest BCUT2D eigenvalue weighted by atomic mass is 14.8. The van der Waals surface area contributed by atoms with Crippen molar-refractivity contribution >= 4 is 0 Å². The Morgan fingerprint density at radius 3 is 0.787 bits per heavy atom. The van der Waals surface area contributed by atoms with Gasteiger partial charge in [0.15, 0.2) is 0 Å². The Balaban J connectivity index is -0.000000983. The van der Waals surface area contributed by atoms with E-state index in [1.807, 2.05) is 182 Å². The number of nitrogens with zero attached hydrogens (tertiary/aromatic N) is 8. The van der Waals surface area contributed by atoms with Crippen LogP contribution in [0.5, 0.6) is 0 Å². The molecule has 11 aromatic rings. The van der Waals surface area contributed by atoms with Gasteiger partial charge >= 0.3 is 0 Å². The molecule has 0 unspecified atom stereocenters. The summed E-state index contributed by atoms with van der Waals surface area (Å²) in [5, 5.41) is 0. The first-order chi connectivity index (χ1) is 45.0. The van der Waals surface area contributed by atoms with Crippen LogP contribution in [-0.4, -0.2) is 39.9 Å². The van der Waals surface area contributed by atoms with E-state index in [2.05, 4.69) is 247 Å². The topological polar surface area (TPSA) is 103 Å². The summed E-state index contributed by atoms with van der Waals surface area (Å²) in [5.74, 6) is 0.829. The van der Waals surface area contributed by atoms with Gasteiger partial charge in [-0.1, -0.05) is 271 Å². The van der Waals surface area contributed by atoms with Gasteiger partial charge in [-0.2, -0.15) is 0 Å². The van der Waals surface area contributed by atoms with Crippen molar-refractivity contribution in [3.63, 3.8) is 0 Å². The zero-order chi connectivity index (χ0) is 71.8. The summed E-state index contributed by atoms with van der Waals surface area (Å²) in [5.41, 5.74) is 25.5. The maximum Gasteiger partial charge on any atom is 0.125 e. The summed E-state index contributed by atoms with van der Waals surface area (Å²) >= 11 is 0. The van der Waals surface area contributed by atoms with Crippen molar-refractivity contribution in [2.24, 2.45) is 0 Å². The summed E-state index contributed by atoms with van der Waals surface area (Å²) in [4.78, 5) is 32.1. The Morgan fingerprint density at radius 2 is 0.500 bits per heavy atom. The van der Waals surface area contributed by atoms with Gasteiger partial charge in [0.1, 0.15) is 5.82 Å². The van der Waals surface area contributed by atoms with Crippen molar-refractivity contribution in [3.8, 4) is 22.3 Å². The molecule has 11 rings (SSSR count). The first-order valence-electron chi connectivity index (χ1n) is 33.4. The molecule has 5 heterocycles. The number of hydrogen-bond donors (Lipinski definition) is 0. The third kappa shape index (κ3) is 46.9. The number of aryl methyl sites for hydroxylation is 18. The number of benzene rings is 6. The molecule has 94 heavy (non-hydrogen) atoms. The maximum atomic E-state index is 4.11. The van der Waals surface area contributed by atoms with Crippen molar-refractivity contribution in [1.29, 1.82) is 0 Å². The molecule has 0 amide bonds. The molecule has 0 aliphatic heterocycles. The third-order valence-electron chi connectivity index (χ3n) is 11.9. The lowest BCUT2D eigenvalue weighted by molar-refractivity contribution is 1.03. The van der Waals surface area contributed by atoms with Gasteiger partial charge in [0.25, 0.3) is 0 Å². The molecule has 0 spiro atoms. The fourth-order valence-electron chi connectivity index (χ4n) is 7.46. The van der Waals surface area contributed by atoms with Crippen LogP contribution in [0, 0.1) is 125 Å². The smallest absolute Gasteiger partial charge is 0.125 e. The summed E-state index contributed by atoms with van der Waals surface area (Å²) in [6.45, 7) is 56.6. The van der Waals surface area contributed by atoms with Crippen molar-refractivity contribution in [2.45, 2.75) is 194 Å². The molecule has 6 aromatic carbocycles. The van der Waals surface area contributed by atoms with Crippen molar-refractivity contribution in [1.82, 2.24) is 39.9 Å². The van der Waals surface area contributed by atoms with E-state index in [4.69, 9.17) is 0 Å². The standard InChI is InChI=1S/2C14H14.2C8H10.2C7H9N.3C6H8N2.5C2H6/c1-11-3-7-13(8-4-11)14-9-5-12(2)6-10-14;1-11-8-12(2)10-14(9-11)13-6-4-3-5-7-13;1-7-3-5-8(2)6-4-7;1-7-4-3-5-8(2)6-7;1-6-3-7(2)5-8-4-6;1-6-3-4-7(2)8-5-6;1-5-3-8-6(2)4-7-5;1-5-3-7-4-6(2)8-5;1-5-3-7-6(2)8-4-5;5*1-2/h2*3-10H,1-2H3;2*3-6H,1-2H3;2*3-5H,1-2H3;3*3-4H,1-2H3;5*1-2H3. The van der Waals surface area contributed by atoms with Crippen LogP contribution in [0.4, 0.5) is 0 Å². The largest absolute Gasteiger partial charge is 0.264 e. The molecular formula is C86H120N8. The van der Waals surface area contributed by atoms with Crippen LogP contribution < -0.4 is 0 Å². The predicted molar refractivity (Wildman–Crippen MR) is 413 cm³/mol. The van der Waals surface area contributed by atoms with Gasteiger partial charge in [-0.3, -0.25) is 29.9 Å². The molecule has 0 fully saturated rings. The van der Waals surface area contributed by atoms with Crippen LogP contribution in [0.25, 0.3) is 22.3 Å². The highest BCUT2D eigenvalue weighted by molar-refractivity contribution is 5.65. The second-order valence-corrected chi connectivity index (χ2v) is 21.2. The highest BCUT2D eigenvalue weighted by Gasteiger charge is 1.99. The lowest BCUT2D eigenvalue weighted by atomic mass is 10.0. The minimum atomic E-state index is 0.829. The first-order valence-corrected chi connectivity index (χ1v) is 33.4. The zero-order valence-corrected chi connectivity index (χ0v) is 63.4. The Hall–Kier alpha value is -9.14. The second kappa shape index (κ2) is 56.6. The Labute approximate surface area is 573 Å². The van der Waals surface area contributed by atoms with E-state index < -0.39 is 0 Å². The van der Waals surface area contributed by atoms with E-state index in [1.54, 1.807) is 24.8 Å². The molecule has 504 valence electrons. The number of rotatable bonds is 2. The molecule has 0 bridgehead atoms. The van der Waals surface area contributed by atoms with E-state index in [0.29, 0.717) is 0 Å². The van der Waals surface area contributed by atoms with E-state index in [1.165, 1.54) is 83.5 Å². The number of hydrogen-bond acceptors (Lipinski definition) is 8. The number of pyridine rings is 2. The molecule has 8 heteroatoms. The SMILES string of the molecule is CC.CC.CC.CC.CC.Cc1cc(C)cc(-c2ccccc2)c1.Cc1ccc(-c2ccc(C)cc2)cc1.Cc1ccc(C)cc1.Cc1ccc(C)nc1.Cc1cccc(C)c1.Cc1cnc(C)cn1.Cc1cnc(C)nc1.Cc1cncc(C)c1.Cc1cncc(C)n1. The van der Waals surface area contributed by atoms with Gasteiger partial charge in [-0.15, -0.1) is 0 Å². The predicted octanol–water partition coefficient (Wildman–Crippen LogP) is 24.4. The highest BCUT2D eigenvalue weighted by Crippen LogP contribution is 2.22. The lowest BCUT2D eigenvalue weighted by Gasteiger charge is -2.04. The monoisotopic (exact) mass is 1260 g/mol. The minimum Gasteiger partial charge on any atom is -0.264 e. The molecule has 8 nitrogen and oxygen atoms in total. The molecule has 0 N–H and O–H groups in total. The maximum absolute atomic E-state index is 4.11. The van der Waals surface area contributed by atoms with Crippen LogP contribution in [0.3, 0.4) is 0 Å². The summed E-state index contributed by atoms with van der Waals surface area (Å²) in [6, 6.07) is 57.5. The summed E-state index contributed by atoms with van der Waals surface area (Å²) in [6.07, 6.45) is 16.2. The minimum absolute atomic E-state index is 0.829. The van der Waals surface area contributed by atoms with Gasteiger partial charge in [0.05, 0.1) is 22.8 Å². The Bertz CT molecular complexity index is 3050. The quantitative estimate of drug-likeness (QED) is 0.169. The van der Waals surface area contributed by atoms with Crippen LogP contribution in [0.2, 0.25) is 0 Å². The summed E-state index contributed by atoms with van der Waals surface area (Å²) < 4.78 is 0. The fraction of sp³-hybridized carbons (Fsp3) is 0.326. The van der Waals surface area contributed by atoms with Gasteiger partial charge in [-0.05, 0) is 175 Å². The van der Waals surface area contributed by atoms with Crippen LogP contribution >= 0.6 is 0 Å². The average molecular weight is 1270 g/mol. The van der Waals surface area contributed by atoms with Crippen LogP contribution in [-0.2, 0) is 0 Å². The molecule has 5 aromatic heterocycles. The van der Waals surface area contributed by atoms with Gasteiger partial charge < -0.3 is 0 Å². The normalized spacial score (nSPS) is 8.85. The van der Waals surface area contributed by atoms with Gasteiger partial charge in [0, 0.05) is 61.5 Å². The van der Waals surface area contributed by atoms with E-state index in [-0.39, 0.29) is 0 Å². The fourth-order valence-corrected chi connectivity index (χ4v) is 7.46.